The molecule has 1 atom stereocenters. The third-order valence-corrected chi connectivity index (χ3v) is 3.41. The second kappa shape index (κ2) is 8.40. The highest BCUT2D eigenvalue weighted by molar-refractivity contribution is 5.94. The fourth-order valence-corrected chi connectivity index (χ4v) is 1.91. The average Bonchev–Trinajstić information content (AvgIpc) is 2.52. The summed E-state index contributed by atoms with van der Waals surface area (Å²) in [5.74, 6) is -0.191. The van der Waals surface area contributed by atoms with Gasteiger partial charge in [0.2, 0.25) is 0 Å². The number of rotatable bonds is 8. The molecule has 0 heterocycles. The van der Waals surface area contributed by atoms with Gasteiger partial charge in [-0.3, -0.25) is 4.79 Å². The summed E-state index contributed by atoms with van der Waals surface area (Å²) in [5, 5.41) is 23.9. The number of anilines is 1. The number of aliphatic hydroxyl groups excluding tert-OH is 1. The molecule has 1 aromatic carbocycles. The van der Waals surface area contributed by atoms with Crippen LogP contribution in [0.4, 0.5) is 5.69 Å². The van der Waals surface area contributed by atoms with Gasteiger partial charge in [0.25, 0.3) is 5.91 Å². The number of hydrogen-bond donors (Lipinski definition) is 3. The molecule has 120 valence electrons. The molecule has 0 spiro atoms. The Labute approximate surface area is 132 Å². The van der Waals surface area contributed by atoms with Gasteiger partial charge in [-0.1, -0.05) is 0 Å². The lowest BCUT2D eigenvalue weighted by molar-refractivity contribution is 0.0922. The van der Waals surface area contributed by atoms with Gasteiger partial charge in [-0.2, -0.15) is 5.26 Å². The summed E-state index contributed by atoms with van der Waals surface area (Å²) >= 11 is 0. The molecule has 5 heteroatoms. The van der Waals surface area contributed by atoms with Gasteiger partial charge in [0.1, 0.15) is 0 Å². The van der Waals surface area contributed by atoms with Crippen molar-refractivity contribution in [1.82, 2.24) is 5.32 Å². The zero-order valence-electron chi connectivity index (χ0n) is 13.5. The third-order valence-electron chi connectivity index (χ3n) is 3.41. The number of nitrogens with zero attached hydrogens (tertiary/aromatic N) is 1. The minimum absolute atomic E-state index is 0.0789. The van der Waals surface area contributed by atoms with E-state index in [4.69, 9.17) is 10.4 Å². The highest BCUT2D eigenvalue weighted by Gasteiger charge is 2.15. The number of carbonyl (C=O) groups excluding carboxylic acids is 1. The maximum atomic E-state index is 11.9. The predicted molar refractivity (Wildman–Crippen MR) is 87.6 cm³/mol. The molecule has 0 aliphatic carbocycles. The molecule has 0 radical (unpaired) electrons. The minimum Gasteiger partial charge on any atom is -0.394 e. The second-order valence-electron chi connectivity index (χ2n) is 6.16. The highest BCUT2D eigenvalue weighted by Crippen LogP contribution is 2.20. The Kier molecular flexibility index (Phi) is 6.87. The monoisotopic (exact) mass is 303 g/mol. The molecule has 0 fully saturated rings. The SMILES string of the molecule is CC(CO)NC(=O)c1ccc(NCCCC(C)(C)C#N)cc1. The van der Waals surface area contributed by atoms with E-state index < -0.39 is 0 Å². The maximum Gasteiger partial charge on any atom is 0.251 e. The Morgan fingerprint density at radius 2 is 2.00 bits per heavy atom. The lowest BCUT2D eigenvalue weighted by atomic mass is 9.90. The topological polar surface area (TPSA) is 85.2 Å². The van der Waals surface area contributed by atoms with Gasteiger partial charge in [-0.15, -0.1) is 0 Å². The average molecular weight is 303 g/mol. The Hall–Kier alpha value is -2.06. The van der Waals surface area contributed by atoms with Crippen LogP contribution in [0.1, 0.15) is 44.0 Å². The molecule has 0 aliphatic heterocycles. The molecule has 0 saturated carbocycles. The predicted octanol–water partition coefficient (Wildman–Crippen LogP) is 2.54. The lowest BCUT2D eigenvalue weighted by Gasteiger charge is -2.15. The van der Waals surface area contributed by atoms with Crippen molar-refractivity contribution in [1.29, 1.82) is 5.26 Å². The van der Waals surface area contributed by atoms with E-state index in [1.54, 1.807) is 19.1 Å². The molecular formula is C17H25N3O2. The van der Waals surface area contributed by atoms with Crippen LogP contribution in [0.5, 0.6) is 0 Å². The Bertz CT molecular complexity index is 518. The van der Waals surface area contributed by atoms with Crippen LogP contribution < -0.4 is 10.6 Å². The first-order chi connectivity index (χ1) is 10.4. The molecule has 1 aromatic rings. The van der Waals surface area contributed by atoms with E-state index in [0.29, 0.717) is 5.56 Å². The molecule has 1 rings (SSSR count). The Morgan fingerprint density at radius 1 is 1.36 bits per heavy atom. The molecule has 0 aliphatic rings. The summed E-state index contributed by atoms with van der Waals surface area (Å²) in [7, 11) is 0. The van der Waals surface area contributed by atoms with Crippen molar-refractivity contribution in [3.8, 4) is 6.07 Å². The number of benzene rings is 1. The molecule has 3 N–H and O–H groups in total. The highest BCUT2D eigenvalue weighted by atomic mass is 16.3. The smallest absolute Gasteiger partial charge is 0.251 e. The summed E-state index contributed by atoms with van der Waals surface area (Å²) in [4.78, 5) is 11.9. The molecule has 22 heavy (non-hydrogen) atoms. The van der Waals surface area contributed by atoms with Crippen LogP contribution in [0.15, 0.2) is 24.3 Å². The van der Waals surface area contributed by atoms with Gasteiger partial charge in [-0.05, 0) is 57.9 Å². The molecule has 5 nitrogen and oxygen atoms in total. The summed E-state index contributed by atoms with van der Waals surface area (Å²) < 4.78 is 0. The van der Waals surface area contributed by atoms with E-state index in [1.165, 1.54) is 0 Å². The van der Waals surface area contributed by atoms with Crippen molar-refractivity contribution >= 4 is 11.6 Å². The van der Waals surface area contributed by atoms with Gasteiger partial charge < -0.3 is 15.7 Å². The second-order valence-corrected chi connectivity index (χ2v) is 6.16. The van der Waals surface area contributed by atoms with Crippen molar-refractivity contribution in [3.05, 3.63) is 29.8 Å². The summed E-state index contributed by atoms with van der Waals surface area (Å²) in [6.07, 6.45) is 1.76. The standard InChI is InChI=1S/C17H25N3O2/c1-13(11-21)20-16(22)14-5-7-15(8-6-14)19-10-4-9-17(2,3)12-18/h5-8,13,19,21H,4,9-11H2,1-3H3,(H,20,22). The van der Waals surface area contributed by atoms with Gasteiger partial charge in [0.15, 0.2) is 0 Å². The molecular weight excluding hydrogens is 278 g/mol. The molecule has 0 bridgehead atoms. The maximum absolute atomic E-state index is 11.9. The number of amides is 1. The van der Waals surface area contributed by atoms with Crippen LogP contribution in [-0.4, -0.2) is 30.2 Å². The number of aliphatic hydroxyl groups is 1. The number of nitriles is 1. The van der Waals surface area contributed by atoms with Crippen molar-refractivity contribution < 1.29 is 9.90 Å². The van der Waals surface area contributed by atoms with Crippen LogP contribution in [-0.2, 0) is 0 Å². The molecule has 1 unspecified atom stereocenters. The van der Waals surface area contributed by atoms with E-state index in [9.17, 15) is 4.79 Å². The molecule has 0 aromatic heterocycles. The van der Waals surface area contributed by atoms with E-state index in [0.717, 1.165) is 25.1 Å². The van der Waals surface area contributed by atoms with E-state index in [2.05, 4.69) is 16.7 Å². The van der Waals surface area contributed by atoms with Gasteiger partial charge in [0, 0.05) is 23.8 Å². The zero-order valence-corrected chi connectivity index (χ0v) is 13.5. The quantitative estimate of drug-likeness (QED) is 0.644. The summed E-state index contributed by atoms with van der Waals surface area (Å²) in [6, 6.07) is 9.25. The lowest BCUT2D eigenvalue weighted by Crippen LogP contribution is -2.34. The van der Waals surface area contributed by atoms with Crippen molar-refractivity contribution in [2.24, 2.45) is 5.41 Å². The van der Waals surface area contributed by atoms with Crippen LogP contribution >= 0.6 is 0 Å². The normalized spacial score (nSPS) is 12.3. The first-order valence-corrected chi connectivity index (χ1v) is 7.55. The van der Waals surface area contributed by atoms with Crippen LogP contribution in [0, 0.1) is 16.7 Å². The van der Waals surface area contributed by atoms with Crippen molar-refractivity contribution in [2.75, 3.05) is 18.5 Å². The molecule has 0 saturated heterocycles. The van der Waals surface area contributed by atoms with Crippen molar-refractivity contribution in [2.45, 2.75) is 39.7 Å². The first-order valence-electron chi connectivity index (χ1n) is 7.55. The van der Waals surface area contributed by atoms with E-state index in [-0.39, 0.29) is 24.0 Å². The fraction of sp³-hybridized carbons (Fsp3) is 0.529. The van der Waals surface area contributed by atoms with Crippen LogP contribution in [0.3, 0.4) is 0 Å². The largest absolute Gasteiger partial charge is 0.394 e. The summed E-state index contributed by atoms with van der Waals surface area (Å²) in [5.41, 5.74) is 1.23. The van der Waals surface area contributed by atoms with Gasteiger partial charge in [0.05, 0.1) is 18.1 Å². The van der Waals surface area contributed by atoms with E-state index in [1.807, 2.05) is 26.0 Å². The number of nitrogens with one attached hydrogen (secondary N) is 2. The Morgan fingerprint density at radius 3 is 2.55 bits per heavy atom. The van der Waals surface area contributed by atoms with Crippen molar-refractivity contribution in [3.63, 3.8) is 0 Å². The Balaban J connectivity index is 2.42. The van der Waals surface area contributed by atoms with E-state index >= 15 is 0 Å². The first kappa shape index (κ1) is 18.0. The fourth-order valence-electron chi connectivity index (χ4n) is 1.91. The third kappa shape index (κ3) is 6.15. The molecule has 1 amide bonds. The van der Waals surface area contributed by atoms with Gasteiger partial charge >= 0.3 is 0 Å². The minimum atomic E-state index is -0.285. The summed E-state index contributed by atoms with van der Waals surface area (Å²) in [6.45, 7) is 6.33. The van der Waals surface area contributed by atoms with Crippen LogP contribution in [0.25, 0.3) is 0 Å². The number of carbonyl (C=O) groups is 1. The number of hydrogen-bond acceptors (Lipinski definition) is 4. The van der Waals surface area contributed by atoms with Crippen LogP contribution in [0.2, 0.25) is 0 Å². The zero-order chi connectivity index (χ0) is 16.6. The van der Waals surface area contributed by atoms with Gasteiger partial charge in [-0.25, -0.2) is 0 Å².